The van der Waals surface area contributed by atoms with E-state index in [1.165, 1.54) is 13.0 Å². The van der Waals surface area contributed by atoms with Gasteiger partial charge in [-0.3, -0.25) is 9.59 Å². The lowest BCUT2D eigenvalue weighted by Gasteiger charge is -2.08. The van der Waals surface area contributed by atoms with E-state index in [4.69, 9.17) is 9.15 Å². The Bertz CT molecular complexity index is 984. The van der Waals surface area contributed by atoms with Gasteiger partial charge in [0.25, 0.3) is 0 Å². The molecule has 1 aromatic heterocycles. The molecule has 0 aliphatic heterocycles. The SMILES string of the molecule is CC(=O)NC(=Cc1ccccc1)C(=O)OCC(=O)c1cc2ccccc2o1. The summed E-state index contributed by atoms with van der Waals surface area (Å²) in [5.74, 6) is -1.59. The van der Waals surface area contributed by atoms with Crippen LogP contribution in [0.5, 0.6) is 0 Å². The number of furan rings is 1. The average Bonchev–Trinajstić information content (AvgIpc) is 3.10. The number of hydrogen-bond acceptors (Lipinski definition) is 5. The number of rotatable bonds is 6. The Morgan fingerprint density at radius 1 is 1.04 bits per heavy atom. The van der Waals surface area contributed by atoms with Crippen LogP contribution in [0, 0.1) is 0 Å². The van der Waals surface area contributed by atoms with Crippen LogP contribution in [0.1, 0.15) is 23.0 Å². The average molecular weight is 363 g/mol. The number of fused-ring (bicyclic) bond motifs is 1. The Balaban J connectivity index is 1.70. The van der Waals surface area contributed by atoms with Gasteiger partial charge in [-0.1, -0.05) is 48.5 Å². The van der Waals surface area contributed by atoms with Crippen molar-refractivity contribution in [3.05, 3.63) is 77.7 Å². The molecule has 0 aliphatic rings. The highest BCUT2D eigenvalue weighted by atomic mass is 16.5. The number of hydrogen-bond donors (Lipinski definition) is 1. The fraction of sp³-hybridized carbons (Fsp3) is 0.0952. The van der Waals surface area contributed by atoms with Gasteiger partial charge in [0, 0.05) is 12.3 Å². The molecule has 0 saturated carbocycles. The monoisotopic (exact) mass is 363 g/mol. The van der Waals surface area contributed by atoms with Gasteiger partial charge < -0.3 is 14.5 Å². The number of carbonyl (C=O) groups is 3. The van der Waals surface area contributed by atoms with E-state index in [9.17, 15) is 14.4 Å². The van der Waals surface area contributed by atoms with Crippen LogP contribution >= 0.6 is 0 Å². The number of benzene rings is 2. The predicted molar refractivity (Wildman–Crippen MR) is 99.7 cm³/mol. The fourth-order valence-electron chi connectivity index (χ4n) is 2.45. The van der Waals surface area contributed by atoms with Crippen molar-refractivity contribution in [3.8, 4) is 0 Å². The zero-order chi connectivity index (χ0) is 19.2. The number of carbonyl (C=O) groups excluding carboxylic acids is 3. The van der Waals surface area contributed by atoms with E-state index >= 15 is 0 Å². The number of para-hydroxylation sites is 1. The molecule has 1 N–H and O–H groups in total. The molecule has 27 heavy (non-hydrogen) atoms. The van der Waals surface area contributed by atoms with Crippen LogP contribution in [0.4, 0.5) is 0 Å². The third-order valence-electron chi connectivity index (χ3n) is 3.68. The highest BCUT2D eigenvalue weighted by Gasteiger charge is 2.18. The topological polar surface area (TPSA) is 85.6 Å². The van der Waals surface area contributed by atoms with Crippen LogP contribution in [0.3, 0.4) is 0 Å². The lowest BCUT2D eigenvalue weighted by atomic mass is 10.2. The van der Waals surface area contributed by atoms with Crippen molar-refractivity contribution in [1.82, 2.24) is 5.32 Å². The van der Waals surface area contributed by atoms with Crippen molar-refractivity contribution < 1.29 is 23.5 Å². The first-order chi connectivity index (χ1) is 13.0. The third-order valence-corrected chi connectivity index (χ3v) is 3.68. The highest BCUT2D eigenvalue weighted by molar-refractivity contribution is 6.02. The molecule has 0 radical (unpaired) electrons. The van der Waals surface area contributed by atoms with Gasteiger partial charge in [-0.25, -0.2) is 4.79 Å². The first-order valence-corrected chi connectivity index (χ1v) is 8.26. The number of amides is 1. The first-order valence-electron chi connectivity index (χ1n) is 8.26. The maximum absolute atomic E-state index is 12.3. The Morgan fingerprint density at radius 2 is 1.74 bits per heavy atom. The van der Waals surface area contributed by atoms with Gasteiger partial charge in [0.05, 0.1) is 0 Å². The van der Waals surface area contributed by atoms with Crippen molar-refractivity contribution in [2.45, 2.75) is 6.92 Å². The summed E-state index contributed by atoms with van der Waals surface area (Å²) in [5.41, 5.74) is 1.24. The molecule has 0 saturated heterocycles. The van der Waals surface area contributed by atoms with Gasteiger partial charge in [-0.2, -0.15) is 0 Å². The van der Waals surface area contributed by atoms with E-state index in [0.717, 1.165) is 5.39 Å². The lowest BCUT2D eigenvalue weighted by Crippen LogP contribution is -2.27. The summed E-state index contributed by atoms with van der Waals surface area (Å²) in [4.78, 5) is 35.9. The van der Waals surface area contributed by atoms with E-state index in [-0.39, 0.29) is 11.5 Å². The summed E-state index contributed by atoms with van der Waals surface area (Å²) >= 11 is 0. The van der Waals surface area contributed by atoms with Crippen LogP contribution in [-0.4, -0.2) is 24.3 Å². The van der Waals surface area contributed by atoms with E-state index in [1.54, 1.807) is 42.5 Å². The summed E-state index contributed by atoms with van der Waals surface area (Å²) in [5, 5.41) is 3.21. The van der Waals surface area contributed by atoms with Gasteiger partial charge in [-0.05, 0) is 23.8 Å². The molecule has 0 spiro atoms. The second-order valence-electron chi connectivity index (χ2n) is 5.80. The van der Waals surface area contributed by atoms with Crippen LogP contribution in [0.15, 0.2) is 70.8 Å². The van der Waals surface area contributed by atoms with Gasteiger partial charge in [-0.15, -0.1) is 0 Å². The van der Waals surface area contributed by atoms with Crippen LogP contribution in [0.25, 0.3) is 17.0 Å². The van der Waals surface area contributed by atoms with Gasteiger partial charge >= 0.3 is 5.97 Å². The molecule has 0 aliphatic carbocycles. The van der Waals surface area contributed by atoms with Gasteiger partial charge in [0.15, 0.2) is 12.4 Å². The molecule has 3 aromatic rings. The molecular weight excluding hydrogens is 346 g/mol. The minimum Gasteiger partial charge on any atom is -0.453 e. The molecule has 1 amide bonds. The molecule has 2 aromatic carbocycles. The minimum absolute atomic E-state index is 0.0499. The molecule has 136 valence electrons. The molecule has 1 heterocycles. The summed E-state index contributed by atoms with van der Waals surface area (Å²) in [6.45, 7) is 0.788. The van der Waals surface area contributed by atoms with E-state index < -0.39 is 24.3 Å². The molecule has 0 fully saturated rings. The highest BCUT2D eigenvalue weighted by Crippen LogP contribution is 2.19. The maximum Gasteiger partial charge on any atom is 0.355 e. The lowest BCUT2D eigenvalue weighted by molar-refractivity contribution is -0.139. The standard InChI is InChI=1S/C21H17NO5/c1-14(23)22-17(11-15-7-3-2-4-8-15)21(25)26-13-18(24)20-12-16-9-5-6-10-19(16)27-20/h2-12H,13H2,1H3,(H,22,23). The molecule has 6 heteroatoms. The molecule has 0 atom stereocenters. The Labute approximate surface area is 155 Å². The number of ether oxygens (including phenoxy) is 1. The van der Waals surface area contributed by atoms with Crippen molar-refractivity contribution in [3.63, 3.8) is 0 Å². The van der Waals surface area contributed by atoms with E-state index in [2.05, 4.69) is 5.32 Å². The smallest absolute Gasteiger partial charge is 0.355 e. The number of ketones is 1. The Kier molecular flexibility index (Phi) is 5.47. The zero-order valence-corrected chi connectivity index (χ0v) is 14.6. The zero-order valence-electron chi connectivity index (χ0n) is 14.6. The largest absolute Gasteiger partial charge is 0.453 e. The summed E-state index contributed by atoms with van der Waals surface area (Å²) in [7, 11) is 0. The second kappa shape index (κ2) is 8.14. The number of Topliss-reactive ketones (excluding diaryl/α,β-unsaturated/α-hetero) is 1. The number of esters is 1. The van der Waals surface area contributed by atoms with Crippen LogP contribution < -0.4 is 5.32 Å². The molecule has 3 rings (SSSR count). The summed E-state index contributed by atoms with van der Waals surface area (Å²) in [6.07, 6.45) is 1.48. The second-order valence-corrected chi connectivity index (χ2v) is 5.80. The molecular formula is C21H17NO5. The van der Waals surface area contributed by atoms with Crippen molar-refractivity contribution in [2.24, 2.45) is 0 Å². The van der Waals surface area contributed by atoms with Crippen molar-refractivity contribution >= 4 is 34.7 Å². The van der Waals surface area contributed by atoms with Crippen molar-refractivity contribution in [1.29, 1.82) is 0 Å². The maximum atomic E-state index is 12.3. The van der Waals surface area contributed by atoms with Crippen LogP contribution in [0.2, 0.25) is 0 Å². The molecule has 6 nitrogen and oxygen atoms in total. The van der Waals surface area contributed by atoms with Gasteiger partial charge in [0.2, 0.25) is 11.7 Å². The van der Waals surface area contributed by atoms with E-state index in [0.29, 0.717) is 11.1 Å². The van der Waals surface area contributed by atoms with E-state index in [1.807, 2.05) is 18.2 Å². The molecule has 0 unspecified atom stereocenters. The quantitative estimate of drug-likeness (QED) is 0.412. The third kappa shape index (κ3) is 4.70. The molecule has 0 bridgehead atoms. The normalized spacial score (nSPS) is 11.2. The minimum atomic E-state index is -0.807. The first kappa shape index (κ1) is 18.1. The Morgan fingerprint density at radius 3 is 2.44 bits per heavy atom. The summed E-state index contributed by atoms with van der Waals surface area (Å²) < 4.78 is 10.5. The fourth-order valence-corrected chi connectivity index (χ4v) is 2.45. The number of nitrogens with one attached hydrogen (secondary N) is 1. The van der Waals surface area contributed by atoms with Gasteiger partial charge in [0.1, 0.15) is 11.3 Å². The Hall–Kier alpha value is -3.67. The summed E-state index contributed by atoms with van der Waals surface area (Å²) in [6, 6.07) is 17.8. The predicted octanol–water partition coefficient (Wildman–Crippen LogP) is 3.34. The van der Waals surface area contributed by atoms with Crippen LogP contribution in [-0.2, 0) is 14.3 Å². The van der Waals surface area contributed by atoms with Crippen molar-refractivity contribution in [2.75, 3.05) is 6.61 Å².